The second-order valence-corrected chi connectivity index (χ2v) is 10.7. The molecular formula is C26H37N7O3. The lowest BCUT2D eigenvalue weighted by atomic mass is 9.88. The summed E-state index contributed by atoms with van der Waals surface area (Å²) in [5.74, 6) is 1.88. The second kappa shape index (κ2) is 9.50. The van der Waals surface area contributed by atoms with E-state index >= 15 is 0 Å². The number of fused-ring (bicyclic) bond motifs is 1. The molecule has 1 amide bonds. The Morgan fingerprint density at radius 3 is 2.50 bits per heavy atom. The average Bonchev–Trinajstić information content (AvgIpc) is 3.19. The summed E-state index contributed by atoms with van der Waals surface area (Å²) in [6, 6.07) is 7.69. The van der Waals surface area contributed by atoms with Crippen LogP contribution >= 0.6 is 0 Å². The first-order chi connectivity index (χ1) is 16.9. The van der Waals surface area contributed by atoms with Crippen LogP contribution in [0.4, 0.5) is 22.1 Å². The van der Waals surface area contributed by atoms with Gasteiger partial charge in [0.15, 0.2) is 5.82 Å². The average molecular weight is 496 g/mol. The van der Waals surface area contributed by atoms with E-state index < -0.39 is 11.7 Å². The second-order valence-electron chi connectivity index (χ2n) is 10.7. The number of aromatic nitrogens is 3. The van der Waals surface area contributed by atoms with Crippen molar-refractivity contribution in [2.75, 3.05) is 50.2 Å². The summed E-state index contributed by atoms with van der Waals surface area (Å²) in [6.07, 6.45) is 3.03. The molecule has 1 aliphatic heterocycles. The molecule has 0 aliphatic carbocycles. The molecule has 0 radical (unpaired) electrons. The highest BCUT2D eigenvalue weighted by atomic mass is 16.6. The Labute approximate surface area is 212 Å². The van der Waals surface area contributed by atoms with Gasteiger partial charge in [0.1, 0.15) is 29.0 Å². The van der Waals surface area contributed by atoms with Crippen LogP contribution in [0.5, 0.6) is 5.75 Å². The molecule has 3 heterocycles. The molecule has 1 fully saturated rings. The Morgan fingerprint density at radius 2 is 1.89 bits per heavy atom. The lowest BCUT2D eigenvalue weighted by Gasteiger charge is -2.44. The zero-order chi connectivity index (χ0) is 26.3. The fourth-order valence-electron chi connectivity index (χ4n) is 4.54. The summed E-state index contributed by atoms with van der Waals surface area (Å²) < 4.78 is 12.8. The van der Waals surface area contributed by atoms with Gasteiger partial charge in [-0.3, -0.25) is 5.32 Å². The molecule has 0 atom stereocenters. The Morgan fingerprint density at radius 1 is 1.19 bits per heavy atom. The molecule has 0 spiro atoms. The van der Waals surface area contributed by atoms with E-state index in [1.165, 1.54) is 6.33 Å². The van der Waals surface area contributed by atoms with Crippen LogP contribution in [0.3, 0.4) is 0 Å². The van der Waals surface area contributed by atoms with Gasteiger partial charge in [-0.25, -0.2) is 14.3 Å². The summed E-state index contributed by atoms with van der Waals surface area (Å²) in [5.41, 5.74) is 8.94. The lowest BCUT2D eigenvalue weighted by molar-refractivity contribution is 0.0635. The number of hydrogen-bond acceptors (Lipinski definition) is 8. The highest BCUT2D eigenvalue weighted by Gasteiger charge is 2.33. The third-order valence-corrected chi connectivity index (χ3v) is 6.96. The molecule has 10 heteroatoms. The number of rotatable bonds is 5. The highest BCUT2D eigenvalue weighted by molar-refractivity contribution is 5.93. The first-order valence-electron chi connectivity index (χ1n) is 12.1. The van der Waals surface area contributed by atoms with E-state index in [1.807, 2.05) is 37.4 Å². The van der Waals surface area contributed by atoms with Crippen molar-refractivity contribution in [3.63, 3.8) is 0 Å². The van der Waals surface area contributed by atoms with Gasteiger partial charge in [-0.1, -0.05) is 6.07 Å². The maximum absolute atomic E-state index is 12.3. The number of benzene rings is 1. The van der Waals surface area contributed by atoms with Crippen LogP contribution in [-0.4, -0.2) is 71.0 Å². The van der Waals surface area contributed by atoms with Gasteiger partial charge in [0.2, 0.25) is 0 Å². The van der Waals surface area contributed by atoms with Crippen LogP contribution in [0.2, 0.25) is 0 Å². The van der Waals surface area contributed by atoms with Crippen LogP contribution in [0.1, 0.15) is 40.5 Å². The fourth-order valence-corrected chi connectivity index (χ4v) is 4.54. The molecule has 1 aliphatic rings. The standard InChI is InChI=1S/C26H37N7O3/c1-25(2,3)36-24(34)30-19-9-8-17(14-20(19)35-7)18-15-21(33-22(18)23(27)28-16-29-33)32-12-10-26(4,11-13-32)31(5)6/h8-9,14-16H,10-13H2,1-7H3,(H,30,34)(H2,27,28,29). The van der Waals surface area contributed by atoms with Crippen molar-refractivity contribution >= 4 is 28.9 Å². The number of amides is 1. The predicted octanol–water partition coefficient (Wildman–Crippen LogP) is 4.25. The molecule has 194 valence electrons. The molecule has 4 rings (SSSR count). The maximum atomic E-state index is 12.3. The van der Waals surface area contributed by atoms with E-state index in [9.17, 15) is 4.79 Å². The number of nitrogens with zero attached hydrogens (tertiary/aromatic N) is 5. The first kappa shape index (κ1) is 25.6. The summed E-state index contributed by atoms with van der Waals surface area (Å²) in [4.78, 5) is 21.2. The van der Waals surface area contributed by atoms with Crippen LogP contribution < -0.4 is 20.7 Å². The van der Waals surface area contributed by atoms with E-state index in [2.05, 4.69) is 52.3 Å². The molecule has 3 N–H and O–H groups in total. The number of nitrogen functional groups attached to an aromatic ring is 1. The Kier molecular flexibility index (Phi) is 6.74. The summed E-state index contributed by atoms with van der Waals surface area (Å²) in [5, 5.41) is 7.30. The van der Waals surface area contributed by atoms with Crippen molar-refractivity contribution in [2.24, 2.45) is 0 Å². The van der Waals surface area contributed by atoms with E-state index in [4.69, 9.17) is 15.2 Å². The van der Waals surface area contributed by atoms with Gasteiger partial charge >= 0.3 is 6.09 Å². The molecule has 0 saturated carbocycles. The normalized spacial score (nSPS) is 15.8. The van der Waals surface area contributed by atoms with Crippen molar-refractivity contribution < 1.29 is 14.3 Å². The van der Waals surface area contributed by atoms with E-state index in [0.717, 1.165) is 48.4 Å². The molecule has 10 nitrogen and oxygen atoms in total. The molecule has 2 aromatic heterocycles. The van der Waals surface area contributed by atoms with Gasteiger partial charge in [-0.15, -0.1) is 0 Å². The van der Waals surface area contributed by atoms with Crippen LogP contribution in [0.25, 0.3) is 16.6 Å². The minimum Gasteiger partial charge on any atom is -0.495 e. The first-order valence-corrected chi connectivity index (χ1v) is 12.1. The van der Waals surface area contributed by atoms with Crippen LogP contribution in [-0.2, 0) is 4.74 Å². The van der Waals surface area contributed by atoms with Gasteiger partial charge in [0, 0.05) is 24.2 Å². The van der Waals surface area contributed by atoms with E-state index in [1.54, 1.807) is 13.2 Å². The topological polar surface area (TPSA) is 110 Å². The molecule has 0 bridgehead atoms. The fraction of sp³-hybridized carbons (Fsp3) is 0.500. The minimum absolute atomic E-state index is 0.171. The quantitative estimate of drug-likeness (QED) is 0.540. The zero-order valence-corrected chi connectivity index (χ0v) is 22.3. The Balaban J connectivity index is 1.69. The molecular weight excluding hydrogens is 458 g/mol. The predicted molar refractivity (Wildman–Crippen MR) is 143 cm³/mol. The monoisotopic (exact) mass is 495 g/mol. The number of methoxy groups -OCH3 is 1. The number of carbonyl (C=O) groups is 1. The lowest BCUT2D eigenvalue weighted by Crippen LogP contribution is -2.50. The molecule has 1 aromatic carbocycles. The van der Waals surface area contributed by atoms with Gasteiger partial charge in [-0.05, 0) is 78.4 Å². The summed E-state index contributed by atoms with van der Waals surface area (Å²) in [6.45, 7) is 9.58. The van der Waals surface area contributed by atoms with Crippen molar-refractivity contribution in [3.05, 3.63) is 30.6 Å². The highest BCUT2D eigenvalue weighted by Crippen LogP contribution is 2.39. The maximum Gasteiger partial charge on any atom is 0.412 e. The van der Waals surface area contributed by atoms with E-state index in [-0.39, 0.29) is 5.54 Å². The zero-order valence-electron chi connectivity index (χ0n) is 22.3. The number of nitrogens with two attached hydrogens (primary N) is 1. The van der Waals surface area contributed by atoms with Crippen molar-refractivity contribution in [2.45, 2.75) is 51.7 Å². The molecule has 0 unspecified atom stereocenters. The summed E-state index contributed by atoms with van der Waals surface area (Å²) in [7, 11) is 5.85. The third kappa shape index (κ3) is 5.04. The number of nitrogens with one attached hydrogen (secondary N) is 1. The van der Waals surface area contributed by atoms with Crippen molar-refractivity contribution in [1.82, 2.24) is 19.5 Å². The van der Waals surface area contributed by atoms with E-state index in [0.29, 0.717) is 17.3 Å². The molecule has 1 saturated heterocycles. The smallest absolute Gasteiger partial charge is 0.412 e. The number of anilines is 3. The van der Waals surface area contributed by atoms with Crippen LogP contribution in [0, 0.1) is 0 Å². The van der Waals surface area contributed by atoms with Crippen molar-refractivity contribution in [3.8, 4) is 16.9 Å². The number of carbonyl (C=O) groups excluding carboxylic acids is 1. The SMILES string of the molecule is COc1cc(-c2cc(N3CCC(C)(N(C)C)CC3)n3ncnc(N)c23)ccc1NC(=O)OC(C)(C)C. The number of hydrogen-bond donors (Lipinski definition) is 2. The summed E-state index contributed by atoms with van der Waals surface area (Å²) >= 11 is 0. The number of ether oxygens (including phenoxy) is 2. The van der Waals surface area contributed by atoms with Crippen LogP contribution in [0.15, 0.2) is 30.6 Å². The van der Waals surface area contributed by atoms with Gasteiger partial charge in [-0.2, -0.15) is 5.10 Å². The largest absolute Gasteiger partial charge is 0.495 e. The molecule has 36 heavy (non-hydrogen) atoms. The Bertz CT molecular complexity index is 1250. The number of piperidine rings is 1. The van der Waals surface area contributed by atoms with Crippen molar-refractivity contribution in [1.29, 1.82) is 0 Å². The Hall–Kier alpha value is -3.53. The van der Waals surface area contributed by atoms with Gasteiger partial charge in [0.05, 0.1) is 12.8 Å². The molecule has 3 aromatic rings. The minimum atomic E-state index is -0.602. The van der Waals surface area contributed by atoms with Gasteiger partial charge < -0.3 is 25.0 Å². The van der Waals surface area contributed by atoms with Gasteiger partial charge in [0.25, 0.3) is 0 Å². The third-order valence-electron chi connectivity index (χ3n) is 6.96.